The summed E-state index contributed by atoms with van der Waals surface area (Å²) in [5.41, 5.74) is 1.19. The molecule has 0 aliphatic rings. The van der Waals surface area contributed by atoms with Crippen LogP contribution in [0, 0.1) is 0 Å². The highest BCUT2D eigenvalue weighted by atomic mass is 79.9. The van der Waals surface area contributed by atoms with E-state index in [0.29, 0.717) is 11.4 Å². The number of nitrogens with one attached hydrogen (secondary N) is 1. The molecular formula is C11H10BrF3N2O3. The Bertz CT molecular complexity index is 558. The molecule has 1 rings (SSSR count). The van der Waals surface area contributed by atoms with Crippen molar-refractivity contribution in [2.24, 2.45) is 5.73 Å². The largest absolute Gasteiger partial charge is 0.478 e. The first-order valence-corrected chi connectivity index (χ1v) is 5.96. The van der Waals surface area contributed by atoms with Gasteiger partial charge >= 0.3 is 12.1 Å². The quantitative estimate of drug-likeness (QED) is 0.776. The van der Waals surface area contributed by atoms with Gasteiger partial charge in [-0.3, -0.25) is 4.79 Å². The molecule has 0 saturated carbocycles. The average Bonchev–Trinajstić information content (AvgIpc) is 2.26. The summed E-state index contributed by atoms with van der Waals surface area (Å²) >= 11 is 3.03. The number of carboxylic acid groups (broad SMARTS) is 1. The Morgan fingerprint density at radius 1 is 1.35 bits per heavy atom. The summed E-state index contributed by atoms with van der Waals surface area (Å²) in [6.45, 7) is 0.501. The highest BCUT2D eigenvalue weighted by Gasteiger charge is 2.54. The minimum absolute atomic E-state index is 0.280. The van der Waals surface area contributed by atoms with Crippen molar-refractivity contribution >= 4 is 33.5 Å². The third-order valence-electron chi connectivity index (χ3n) is 2.52. The molecule has 5 nitrogen and oxygen atoms in total. The molecule has 0 spiro atoms. The van der Waals surface area contributed by atoms with Crippen molar-refractivity contribution in [1.29, 1.82) is 0 Å². The normalized spacial score (nSPS) is 14.5. The number of carboxylic acids is 1. The van der Waals surface area contributed by atoms with Gasteiger partial charge in [-0.2, -0.15) is 13.2 Å². The number of hydrogen-bond donors (Lipinski definition) is 3. The second-order valence-electron chi connectivity index (χ2n) is 4.15. The van der Waals surface area contributed by atoms with E-state index in [4.69, 9.17) is 10.8 Å². The zero-order valence-electron chi connectivity index (χ0n) is 10.1. The molecule has 0 bridgehead atoms. The second-order valence-corrected chi connectivity index (χ2v) is 5.06. The average molecular weight is 355 g/mol. The van der Waals surface area contributed by atoms with Gasteiger partial charge in [-0.1, -0.05) is 15.9 Å². The minimum atomic E-state index is -4.97. The number of anilines is 1. The van der Waals surface area contributed by atoms with Gasteiger partial charge < -0.3 is 16.2 Å². The number of alkyl halides is 3. The summed E-state index contributed by atoms with van der Waals surface area (Å²) in [4.78, 5) is 22.5. The number of nitrogens with two attached hydrogens (primary N) is 1. The van der Waals surface area contributed by atoms with E-state index in [1.165, 1.54) is 12.1 Å². The Kier molecular flexibility index (Phi) is 4.45. The summed E-state index contributed by atoms with van der Waals surface area (Å²) in [7, 11) is 0. The lowest BCUT2D eigenvalue weighted by Gasteiger charge is -2.26. The van der Waals surface area contributed by atoms with Crippen LogP contribution in [0.2, 0.25) is 0 Å². The molecule has 20 heavy (non-hydrogen) atoms. The molecule has 0 fully saturated rings. The van der Waals surface area contributed by atoms with Crippen molar-refractivity contribution in [3.05, 3.63) is 28.2 Å². The van der Waals surface area contributed by atoms with Gasteiger partial charge in [0.1, 0.15) is 0 Å². The maximum Gasteiger partial charge on any atom is 0.415 e. The maximum atomic E-state index is 12.6. The zero-order valence-corrected chi connectivity index (χ0v) is 11.7. The molecule has 0 saturated heterocycles. The van der Waals surface area contributed by atoms with Gasteiger partial charge in [0, 0.05) is 4.47 Å². The molecule has 0 aliphatic heterocycles. The Morgan fingerprint density at radius 3 is 2.35 bits per heavy atom. The van der Waals surface area contributed by atoms with Crippen LogP contribution in [0.15, 0.2) is 22.7 Å². The van der Waals surface area contributed by atoms with E-state index in [1.807, 2.05) is 5.32 Å². The molecule has 1 unspecified atom stereocenters. The van der Waals surface area contributed by atoms with Crippen LogP contribution in [0.25, 0.3) is 0 Å². The Balaban J connectivity index is 3.14. The topological polar surface area (TPSA) is 92.4 Å². The van der Waals surface area contributed by atoms with E-state index in [9.17, 15) is 22.8 Å². The molecular weight excluding hydrogens is 345 g/mol. The summed E-state index contributed by atoms with van der Waals surface area (Å²) < 4.78 is 38.2. The highest BCUT2D eigenvalue weighted by Crippen LogP contribution is 2.30. The number of hydrogen-bond acceptors (Lipinski definition) is 3. The highest BCUT2D eigenvalue weighted by molar-refractivity contribution is 9.10. The molecule has 0 heterocycles. The van der Waals surface area contributed by atoms with Crippen molar-refractivity contribution < 1.29 is 27.9 Å². The maximum absolute atomic E-state index is 12.6. The van der Waals surface area contributed by atoms with E-state index >= 15 is 0 Å². The number of benzene rings is 1. The lowest BCUT2D eigenvalue weighted by Crippen LogP contribution is -2.59. The first-order valence-electron chi connectivity index (χ1n) is 5.16. The number of carbonyl (C=O) groups is 2. The lowest BCUT2D eigenvalue weighted by molar-refractivity contribution is -0.184. The number of carbonyl (C=O) groups excluding carboxylic acids is 1. The van der Waals surface area contributed by atoms with Crippen molar-refractivity contribution in [3.63, 3.8) is 0 Å². The molecule has 9 heteroatoms. The van der Waals surface area contributed by atoms with Gasteiger partial charge in [-0.05, 0) is 25.1 Å². The summed E-state index contributed by atoms with van der Waals surface area (Å²) in [5, 5.41) is 10.8. The predicted octanol–water partition coefficient (Wildman–Crippen LogP) is 2.37. The molecule has 4 N–H and O–H groups in total. The molecule has 0 aromatic heterocycles. The van der Waals surface area contributed by atoms with Crippen molar-refractivity contribution in [2.45, 2.75) is 18.6 Å². The smallest absolute Gasteiger partial charge is 0.415 e. The van der Waals surface area contributed by atoms with E-state index in [2.05, 4.69) is 15.9 Å². The van der Waals surface area contributed by atoms with E-state index in [-0.39, 0.29) is 11.3 Å². The van der Waals surface area contributed by atoms with Crippen LogP contribution in [-0.4, -0.2) is 28.7 Å². The SMILES string of the molecule is CC(N)(C(=O)Nc1cc(Br)ccc1C(=O)O)C(F)(F)F. The van der Waals surface area contributed by atoms with Gasteiger partial charge in [0.15, 0.2) is 5.54 Å². The Hall–Kier alpha value is -1.61. The predicted molar refractivity (Wildman–Crippen MR) is 68.4 cm³/mol. The molecule has 1 aromatic rings. The van der Waals surface area contributed by atoms with E-state index in [1.54, 1.807) is 0 Å². The molecule has 1 atom stereocenters. The van der Waals surface area contributed by atoms with Crippen LogP contribution in [0.3, 0.4) is 0 Å². The van der Waals surface area contributed by atoms with Crippen LogP contribution >= 0.6 is 15.9 Å². The van der Waals surface area contributed by atoms with Crippen LogP contribution in [0.1, 0.15) is 17.3 Å². The summed E-state index contributed by atoms with van der Waals surface area (Å²) in [6.07, 6.45) is -4.97. The lowest BCUT2D eigenvalue weighted by atomic mass is 10.0. The van der Waals surface area contributed by atoms with Crippen LogP contribution < -0.4 is 11.1 Å². The Morgan fingerprint density at radius 2 is 1.90 bits per heavy atom. The van der Waals surface area contributed by atoms with Gasteiger partial charge in [0.25, 0.3) is 5.91 Å². The first kappa shape index (κ1) is 16.4. The van der Waals surface area contributed by atoms with Crippen molar-refractivity contribution in [1.82, 2.24) is 0 Å². The van der Waals surface area contributed by atoms with Crippen LogP contribution in [0.4, 0.5) is 18.9 Å². The first-order chi connectivity index (χ1) is 8.96. The van der Waals surface area contributed by atoms with Crippen molar-refractivity contribution in [3.8, 4) is 0 Å². The molecule has 0 radical (unpaired) electrons. The minimum Gasteiger partial charge on any atom is -0.478 e. The van der Waals surface area contributed by atoms with E-state index < -0.39 is 23.6 Å². The van der Waals surface area contributed by atoms with Gasteiger partial charge in [0.05, 0.1) is 11.3 Å². The molecule has 1 aromatic carbocycles. The Labute approximate surface area is 120 Å². The standard InChI is InChI=1S/C11H10BrF3N2O3/c1-10(16,11(13,14)15)9(20)17-7-4-5(12)2-3-6(7)8(18)19/h2-4H,16H2,1H3,(H,17,20)(H,18,19). The second kappa shape index (κ2) is 5.41. The zero-order chi connectivity index (χ0) is 15.7. The molecule has 1 amide bonds. The van der Waals surface area contributed by atoms with Crippen LogP contribution in [-0.2, 0) is 4.79 Å². The molecule has 110 valence electrons. The number of amides is 1. The third-order valence-corrected chi connectivity index (χ3v) is 3.01. The fourth-order valence-corrected chi connectivity index (χ4v) is 1.55. The molecule has 0 aliphatic carbocycles. The summed E-state index contributed by atoms with van der Waals surface area (Å²) in [6, 6.07) is 3.70. The van der Waals surface area contributed by atoms with Gasteiger partial charge in [-0.25, -0.2) is 4.79 Å². The third kappa shape index (κ3) is 3.28. The van der Waals surface area contributed by atoms with Gasteiger partial charge in [-0.15, -0.1) is 0 Å². The number of rotatable bonds is 3. The van der Waals surface area contributed by atoms with E-state index in [0.717, 1.165) is 6.07 Å². The summed E-state index contributed by atoms with van der Waals surface area (Å²) in [5.74, 6) is -2.94. The monoisotopic (exact) mass is 354 g/mol. The van der Waals surface area contributed by atoms with Crippen molar-refractivity contribution in [2.75, 3.05) is 5.32 Å². The number of aromatic carboxylic acids is 1. The fourth-order valence-electron chi connectivity index (χ4n) is 1.19. The fraction of sp³-hybridized carbons (Fsp3) is 0.273. The van der Waals surface area contributed by atoms with Gasteiger partial charge in [0.2, 0.25) is 0 Å². The number of halogens is 4. The van der Waals surface area contributed by atoms with Crippen LogP contribution in [0.5, 0.6) is 0 Å².